The molecular formula is C5H12N2. The van der Waals surface area contributed by atoms with E-state index in [9.17, 15) is 0 Å². The van der Waals surface area contributed by atoms with E-state index in [4.69, 9.17) is 5.84 Å². The van der Waals surface area contributed by atoms with Gasteiger partial charge < -0.3 is 0 Å². The summed E-state index contributed by atoms with van der Waals surface area (Å²) in [6.45, 7) is 3.24. The van der Waals surface area contributed by atoms with Crippen LogP contribution in [0.4, 0.5) is 0 Å². The zero-order valence-corrected chi connectivity index (χ0v) is 4.72. The lowest BCUT2D eigenvalue weighted by molar-refractivity contribution is 0.278. The molecule has 0 aliphatic carbocycles. The van der Waals surface area contributed by atoms with E-state index in [1.807, 2.05) is 5.01 Å². The normalized spacial score (nSPS) is 34.3. The highest BCUT2D eigenvalue weighted by Gasteiger charge is 2.15. The van der Waals surface area contributed by atoms with Gasteiger partial charge in [0, 0.05) is 12.6 Å². The zero-order chi connectivity index (χ0) is 5.28. The van der Waals surface area contributed by atoms with E-state index in [0.717, 1.165) is 6.54 Å². The van der Waals surface area contributed by atoms with Crippen LogP contribution in [0, 0.1) is 0 Å². The van der Waals surface area contributed by atoms with E-state index in [2.05, 4.69) is 6.92 Å². The highest BCUT2D eigenvalue weighted by atomic mass is 15.4. The highest BCUT2D eigenvalue weighted by Crippen LogP contribution is 2.10. The maximum atomic E-state index is 5.51. The molecule has 0 saturated carbocycles. The smallest absolute Gasteiger partial charge is 0.0213 e. The molecule has 1 atom stereocenters. The Balaban J connectivity index is 2.33. The molecule has 0 radical (unpaired) electrons. The molecule has 1 rings (SSSR count). The Morgan fingerprint density at radius 3 is 2.57 bits per heavy atom. The van der Waals surface area contributed by atoms with E-state index >= 15 is 0 Å². The fraction of sp³-hybridized carbons (Fsp3) is 1.00. The molecule has 1 saturated heterocycles. The second-order valence-electron chi connectivity index (χ2n) is 2.23. The molecule has 0 bridgehead atoms. The minimum atomic E-state index is 0.625. The number of nitrogens with two attached hydrogens (primary N) is 1. The summed E-state index contributed by atoms with van der Waals surface area (Å²) in [5.74, 6) is 5.51. The molecule has 0 amide bonds. The van der Waals surface area contributed by atoms with Crippen LogP contribution in [0.1, 0.15) is 19.8 Å². The predicted molar refractivity (Wildman–Crippen MR) is 29.6 cm³/mol. The van der Waals surface area contributed by atoms with Crippen LogP contribution in [0.15, 0.2) is 0 Å². The summed E-state index contributed by atoms with van der Waals surface area (Å²) in [5.41, 5.74) is 0. The summed E-state index contributed by atoms with van der Waals surface area (Å²) in [4.78, 5) is 0. The van der Waals surface area contributed by atoms with Gasteiger partial charge in [0.15, 0.2) is 0 Å². The van der Waals surface area contributed by atoms with Crippen molar-refractivity contribution in [2.45, 2.75) is 25.8 Å². The summed E-state index contributed by atoms with van der Waals surface area (Å²) < 4.78 is 0. The first-order chi connectivity index (χ1) is 3.30. The lowest BCUT2D eigenvalue weighted by Gasteiger charge is -2.11. The first-order valence-corrected chi connectivity index (χ1v) is 2.82. The lowest BCUT2D eigenvalue weighted by Crippen LogP contribution is -2.33. The molecule has 2 nitrogen and oxygen atoms in total. The van der Waals surface area contributed by atoms with Gasteiger partial charge in [0.25, 0.3) is 0 Å². The van der Waals surface area contributed by atoms with Gasteiger partial charge in [0.05, 0.1) is 0 Å². The standard InChI is InChI=1S/C5H12N2/c1-5-3-2-4-7(5)6/h5H,2-4,6H2,1H3/t5-/m1/s1. The summed E-state index contributed by atoms with van der Waals surface area (Å²) in [5, 5.41) is 1.90. The third kappa shape index (κ3) is 0.924. The van der Waals surface area contributed by atoms with Gasteiger partial charge in [-0.05, 0) is 19.8 Å². The summed E-state index contributed by atoms with van der Waals surface area (Å²) in [6, 6.07) is 0.625. The van der Waals surface area contributed by atoms with E-state index < -0.39 is 0 Å². The van der Waals surface area contributed by atoms with Gasteiger partial charge in [-0.25, -0.2) is 5.01 Å². The van der Waals surface area contributed by atoms with Crippen LogP contribution >= 0.6 is 0 Å². The number of hydrogen-bond acceptors (Lipinski definition) is 2. The minimum Gasteiger partial charge on any atom is -0.269 e. The molecule has 0 aromatic rings. The molecule has 0 aromatic heterocycles. The molecule has 7 heavy (non-hydrogen) atoms. The topological polar surface area (TPSA) is 29.3 Å². The SMILES string of the molecule is C[C@@H]1CCCN1N. The van der Waals surface area contributed by atoms with Gasteiger partial charge in [-0.2, -0.15) is 0 Å². The van der Waals surface area contributed by atoms with Gasteiger partial charge >= 0.3 is 0 Å². The molecule has 0 unspecified atom stereocenters. The van der Waals surface area contributed by atoms with Crippen molar-refractivity contribution < 1.29 is 0 Å². The third-order valence-corrected chi connectivity index (χ3v) is 1.60. The van der Waals surface area contributed by atoms with Crippen LogP contribution in [0.3, 0.4) is 0 Å². The molecule has 42 valence electrons. The number of nitrogens with zero attached hydrogens (tertiary/aromatic N) is 1. The Hall–Kier alpha value is -0.0800. The van der Waals surface area contributed by atoms with Gasteiger partial charge in [0.2, 0.25) is 0 Å². The van der Waals surface area contributed by atoms with Crippen molar-refractivity contribution in [1.29, 1.82) is 0 Å². The van der Waals surface area contributed by atoms with Crippen LogP contribution in [0.25, 0.3) is 0 Å². The highest BCUT2D eigenvalue weighted by molar-refractivity contribution is 4.68. The van der Waals surface area contributed by atoms with Gasteiger partial charge in [-0.1, -0.05) is 0 Å². The predicted octanol–water partition coefficient (Wildman–Crippen LogP) is 0.344. The van der Waals surface area contributed by atoms with Crippen LogP contribution in [-0.2, 0) is 0 Å². The first kappa shape index (κ1) is 5.06. The van der Waals surface area contributed by atoms with Crippen molar-refractivity contribution in [3.8, 4) is 0 Å². The first-order valence-electron chi connectivity index (χ1n) is 2.82. The summed E-state index contributed by atoms with van der Waals surface area (Å²) in [6.07, 6.45) is 2.55. The van der Waals surface area contributed by atoms with Gasteiger partial charge in [-0.3, -0.25) is 5.84 Å². The fourth-order valence-corrected chi connectivity index (χ4v) is 0.955. The molecule has 1 heterocycles. The Labute approximate surface area is 44.3 Å². The largest absolute Gasteiger partial charge is 0.269 e. The van der Waals surface area contributed by atoms with Crippen molar-refractivity contribution in [2.24, 2.45) is 5.84 Å². The van der Waals surface area contributed by atoms with Crippen LogP contribution in [-0.4, -0.2) is 17.6 Å². The van der Waals surface area contributed by atoms with E-state index in [0.29, 0.717) is 6.04 Å². The Morgan fingerprint density at radius 1 is 1.71 bits per heavy atom. The molecule has 2 heteroatoms. The zero-order valence-electron chi connectivity index (χ0n) is 4.72. The molecule has 1 aliphatic heterocycles. The van der Waals surface area contributed by atoms with Crippen LogP contribution in [0.5, 0.6) is 0 Å². The quantitative estimate of drug-likeness (QED) is 0.445. The second kappa shape index (κ2) is 1.80. The maximum absolute atomic E-state index is 5.51. The van der Waals surface area contributed by atoms with Gasteiger partial charge in [0.1, 0.15) is 0 Å². The van der Waals surface area contributed by atoms with Crippen molar-refractivity contribution in [3.05, 3.63) is 0 Å². The molecular weight excluding hydrogens is 88.1 g/mol. The van der Waals surface area contributed by atoms with Crippen molar-refractivity contribution in [1.82, 2.24) is 5.01 Å². The van der Waals surface area contributed by atoms with E-state index in [-0.39, 0.29) is 0 Å². The number of hydrogen-bond donors (Lipinski definition) is 1. The fourth-order valence-electron chi connectivity index (χ4n) is 0.955. The Kier molecular flexibility index (Phi) is 1.30. The Morgan fingerprint density at radius 2 is 2.43 bits per heavy atom. The third-order valence-electron chi connectivity index (χ3n) is 1.60. The number of rotatable bonds is 0. The van der Waals surface area contributed by atoms with Crippen molar-refractivity contribution >= 4 is 0 Å². The molecule has 2 N–H and O–H groups in total. The van der Waals surface area contributed by atoms with Crippen molar-refractivity contribution in [3.63, 3.8) is 0 Å². The summed E-state index contributed by atoms with van der Waals surface area (Å²) in [7, 11) is 0. The molecule has 0 aromatic carbocycles. The van der Waals surface area contributed by atoms with E-state index in [1.54, 1.807) is 0 Å². The Bertz CT molecular complexity index is 55.1. The monoisotopic (exact) mass is 100 g/mol. The lowest BCUT2D eigenvalue weighted by atomic mass is 10.3. The van der Waals surface area contributed by atoms with E-state index in [1.165, 1.54) is 12.8 Å². The van der Waals surface area contributed by atoms with Gasteiger partial charge in [-0.15, -0.1) is 0 Å². The summed E-state index contributed by atoms with van der Waals surface area (Å²) >= 11 is 0. The minimum absolute atomic E-state index is 0.625. The molecule has 0 spiro atoms. The molecule has 1 fully saturated rings. The second-order valence-corrected chi connectivity index (χ2v) is 2.23. The maximum Gasteiger partial charge on any atom is 0.0213 e. The van der Waals surface area contributed by atoms with Crippen LogP contribution in [0.2, 0.25) is 0 Å². The van der Waals surface area contributed by atoms with Crippen LogP contribution < -0.4 is 5.84 Å². The number of hydrazine groups is 1. The molecule has 1 aliphatic rings. The average molecular weight is 100 g/mol. The van der Waals surface area contributed by atoms with Crippen molar-refractivity contribution in [2.75, 3.05) is 6.54 Å². The average Bonchev–Trinajstić information content (AvgIpc) is 1.91.